The van der Waals surface area contributed by atoms with Crippen LogP contribution in [0.1, 0.15) is 24.5 Å². The molecule has 3 aromatic rings. The zero-order valence-electron chi connectivity index (χ0n) is 14.7. The van der Waals surface area contributed by atoms with E-state index in [0.29, 0.717) is 0 Å². The molecule has 0 aliphatic heterocycles. The van der Waals surface area contributed by atoms with Crippen molar-refractivity contribution in [2.45, 2.75) is 24.6 Å². The van der Waals surface area contributed by atoms with Crippen molar-refractivity contribution in [1.82, 2.24) is 0 Å². The summed E-state index contributed by atoms with van der Waals surface area (Å²) in [6, 6.07) is 32.0. The maximum absolute atomic E-state index is 3.76. The van der Waals surface area contributed by atoms with E-state index in [1.165, 1.54) is 16.8 Å². The molecule has 25 heavy (non-hydrogen) atoms. The molecule has 0 saturated heterocycles. The summed E-state index contributed by atoms with van der Waals surface area (Å²) in [7, 11) is 0. The lowest BCUT2D eigenvalue weighted by Crippen LogP contribution is -2.32. The van der Waals surface area contributed by atoms with Gasteiger partial charge in [-0.05, 0) is 42.4 Å². The lowest BCUT2D eigenvalue weighted by atomic mass is 9.89. The molecular weight excluding hydrogens is 322 g/mol. The van der Waals surface area contributed by atoms with E-state index in [2.05, 4.69) is 103 Å². The molecule has 0 amide bonds. The SMILES string of the molecule is CC(CCSCc1ccccc1)(Nc1ccccc1)c1ccccc1. The third kappa shape index (κ3) is 5.14. The fraction of sp³-hybridized carbons (Fsp3) is 0.217. The van der Waals surface area contributed by atoms with Gasteiger partial charge in [-0.1, -0.05) is 78.9 Å². The smallest absolute Gasteiger partial charge is 0.0605 e. The summed E-state index contributed by atoms with van der Waals surface area (Å²) in [6.07, 6.45) is 1.07. The highest BCUT2D eigenvalue weighted by Crippen LogP contribution is 2.31. The number of para-hydroxylation sites is 1. The van der Waals surface area contributed by atoms with Gasteiger partial charge in [0.05, 0.1) is 5.54 Å². The normalized spacial score (nSPS) is 13.2. The van der Waals surface area contributed by atoms with Crippen LogP contribution in [0.25, 0.3) is 0 Å². The third-order valence-corrected chi connectivity index (χ3v) is 5.49. The van der Waals surface area contributed by atoms with Gasteiger partial charge >= 0.3 is 0 Å². The fourth-order valence-electron chi connectivity index (χ4n) is 2.97. The Balaban J connectivity index is 1.66. The van der Waals surface area contributed by atoms with E-state index in [1.807, 2.05) is 11.8 Å². The molecule has 1 N–H and O–H groups in total. The van der Waals surface area contributed by atoms with Crippen LogP contribution >= 0.6 is 11.8 Å². The van der Waals surface area contributed by atoms with Gasteiger partial charge in [-0.25, -0.2) is 0 Å². The van der Waals surface area contributed by atoms with Crippen molar-refractivity contribution in [3.63, 3.8) is 0 Å². The molecule has 3 aromatic carbocycles. The van der Waals surface area contributed by atoms with Gasteiger partial charge in [0.1, 0.15) is 0 Å². The molecule has 0 aromatic heterocycles. The molecule has 0 saturated carbocycles. The van der Waals surface area contributed by atoms with Crippen LogP contribution in [0.15, 0.2) is 91.0 Å². The second kappa shape index (κ2) is 8.77. The lowest BCUT2D eigenvalue weighted by Gasteiger charge is -2.33. The monoisotopic (exact) mass is 347 g/mol. The quantitative estimate of drug-likeness (QED) is 0.477. The number of hydrogen-bond acceptors (Lipinski definition) is 2. The van der Waals surface area contributed by atoms with Gasteiger partial charge in [0.2, 0.25) is 0 Å². The molecule has 1 unspecified atom stereocenters. The van der Waals surface area contributed by atoms with Gasteiger partial charge in [0, 0.05) is 11.4 Å². The highest BCUT2D eigenvalue weighted by molar-refractivity contribution is 7.98. The predicted molar refractivity (Wildman–Crippen MR) is 111 cm³/mol. The first-order chi connectivity index (χ1) is 12.3. The van der Waals surface area contributed by atoms with E-state index >= 15 is 0 Å². The minimum Gasteiger partial charge on any atom is -0.376 e. The summed E-state index contributed by atoms with van der Waals surface area (Å²) in [5, 5.41) is 3.76. The average Bonchev–Trinajstić information content (AvgIpc) is 2.68. The molecule has 0 aliphatic rings. The second-order valence-electron chi connectivity index (χ2n) is 6.48. The number of thioether (sulfide) groups is 1. The molecule has 0 fully saturated rings. The first-order valence-corrected chi connectivity index (χ1v) is 9.92. The topological polar surface area (TPSA) is 12.0 Å². The molecule has 0 bridgehead atoms. The van der Waals surface area contributed by atoms with Crippen LogP contribution in [0.2, 0.25) is 0 Å². The van der Waals surface area contributed by atoms with Gasteiger partial charge in [0.25, 0.3) is 0 Å². The number of nitrogens with one attached hydrogen (secondary N) is 1. The Morgan fingerprint density at radius 1 is 0.760 bits per heavy atom. The highest BCUT2D eigenvalue weighted by atomic mass is 32.2. The zero-order valence-corrected chi connectivity index (χ0v) is 15.5. The molecule has 0 radical (unpaired) electrons. The molecule has 2 heteroatoms. The van der Waals surface area contributed by atoms with Gasteiger partial charge in [-0.15, -0.1) is 0 Å². The van der Waals surface area contributed by atoms with E-state index in [1.54, 1.807) is 0 Å². The Labute approximate surface area is 155 Å². The van der Waals surface area contributed by atoms with Crippen LogP contribution < -0.4 is 5.32 Å². The summed E-state index contributed by atoms with van der Waals surface area (Å²) in [5.41, 5.74) is 3.82. The van der Waals surface area contributed by atoms with Crippen LogP contribution in [0.4, 0.5) is 5.69 Å². The van der Waals surface area contributed by atoms with Crippen LogP contribution in [0.3, 0.4) is 0 Å². The molecule has 1 atom stereocenters. The number of anilines is 1. The summed E-state index contributed by atoms with van der Waals surface area (Å²) in [5.74, 6) is 2.18. The minimum absolute atomic E-state index is 0.0771. The van der Waals surface area contributed by atoms with Gasteiger partial charge in [-0.2, -0.15) is 11.8 Å². The van der Waals surface area contributed by atoms with Gasteiger partial charge in [-0.3, -0.25) is 0 Å². The van der Waals surface area contributed by atoms with Crippen molar-refractivity contribution in [1.29, 1.82) is 0 Å². The van der Waals surface area contributed by atoms with Crippen LogP contribution in [-0.4, -0.2) is 5.75 Å². The van der Waals surface area contributed by atoms with Crippen molar-refractivity contribution >= 4 is 17.4 Å². The summed E-state index contributed by atoms with van der Waals surface area (Å²) in [6.45, 7) is 2.30. The number of rotatable bonds is 8. The number of hydrogen-bond donors (Lipinski definition) is 1. The molecular formula is C23H25NS. The van der Waals surface area contributed by atoms with E-state index in [9.17, 15) is 0 Å². The average molecular weight is 348 g/mol. The lowest BCUT2D eigenvalue weighted by molar-refractivity contribution is 0.528. The largest absolute Gasteiger partial charge is 0.376 e. The first kappa shape index (κ1) is 17.6. The summed E-state index contributed by atoms with van der Waals surface area (Å²) in [4.78, 5) is 0. The third-order valence-electron chi connectivity index (χ3n) is 4.46. The summed E-state index contributed by atoms with van der Waals surface area (Å²) < 4.78 is 0. The van der Waals surface area contributed by atoms with Crippen LogP contribution in [0.5, 0.6) is 0 Å². The Morgan fingerprint density at radius 2 is 1.32 bits per heavy atom. The fourth-order valence-corrected chi connectivity index (χ4v) is 4.09. The molecule has 128 valence electrons. The summed E-state index contributed by atoms with van der Waals surface area (Å²) >= 11 is 2.00. The van der Waals surface area contributed by atoms with E-state index in [0.717, 1.165) is 17.9 Å². The Kier molecular flexibility index (Phi) is 6.19. The Morgan fingerprint density at radius 3 is 1.96 bits per heavy atom. The maximum Gasteiger partial charge on any atom is 0.0605 e. The zero-order chi connectivity index (χ0) is 17.4. The van der Waals surface area contributed by atoms with Crippen molar-refractivity contribution < 1.29 is 0 Å². The van der Waals surface area contributed by atoms with Gasteiger partial charge in [0.15, 0.2) is 0 Å². The van der Waals surface area contributed by atoms with Crippen molar-refractivity contribution in [3.8, 4) is 0 Å². The van der Waals surface area contributed by atoms with E-state index in [-0.39, 0.29) is 5.54 Å². The van der Waals surface area contributed by atoms with E-state index < -0.39 is 0 Å². The molecule has 0 aliphatic carbocycles. The second-order valence-corrected chi connectivity index (χ2v) is 7.58. The number of benzene rings is 3. The van der Waals surface area contributed by atoms with E-state index in [4.69, 9.17) is 0 Å². The Hall–Kier alpha value is -2.19. The molecule has 0 heterocycles. The van der Waals surface area contributed by atoms with Crippen molar-refractivity contribution in [3.05, 3.63) is 102 Å². The highest BCUT2D eigenvalue weighted by Gasteiger charge is 2.25. The standard InChI is InChI=1S/C23H25NS/c1-23(21-13-7-3-8-14-21,24-22-15-9-4-10-16-22)17-18-25-19-20-11-5-2-6-12-20/h2-16,24H,17-19H2,1H3. The molecule has 0 spiro atoms. The van der Waals surface area contributed by atoms with Crippen LogP contribution in [0, 0.1) is 0 Å². The Bertz CT molecular complexity index is 743. The minimum atomic E-state index is -0.0771. The van der Waals surface area contributed by atoms with Gasteiger partial charge < -0.3 is 5.32 Å². The van der Waals surface area contributed by atoms with Crippen molar-refractivity contribution in [2.75, 3.05) is 11.1 Å². The maximum atomic E-state index is 3.76. The first-order valence-electron chi connectivity index (χ1n) is 8.77. The predicted octanol–water partition coefficient (Wildman–Crippen LogP) is 6.34. The molecule has 1 nitrogen and oxygen atoms in total. The molecule has 3 rings (SSSR count). The van der Waals surface area contributed by atoms with Crippen LogP contribution in [-0.2, 0) is 11.3 Å². The van der Waals surface area contributed by atoms with Crippen molar-refractivity contribution in [2.24, 2.45) is 0 Å².